The van der Waals surface area contributed by atoms with Crippen molar-refractivity contribution in [2.24, 2.45) is 0 Å². The first kappa shape index (κ1) is 17.5. The molecule has 0 bridgehead atoms. The summed E-state index contributed by atoms with van der Waals surface area (Å²) >= 11 is 0. The highest BCUT2D eigenvalue weighted by Gasteiger charge is 2.31. The van der Waals surface area contributed by atoms with Crippen LogP contribution in [-0.2, 0) is 0 Å². The van der Waals surface area contributed by atoms with Crippen LogP contribution in [-0.4, -0.2) is 46.6 Å². The number of nitrogens with one attached hydrogen (secondary N) is 1. The molecule has 1 aliphatic rings. The van der Waals surface area contributed by atoms with Crippen molar-refractivity contribution in [3.63, 3.8) is 0 Å². The quantitative estimate of drug-likeness (QED) is 0.931. The van der Waals surface area contributed by atoms with E-state index in [9.17, 15) is 4.79 Å². The number of carbonyl (C=O) groups excluding carboxylic acids is 1. The van der Waals surface area contributed by atoms with Gasteiger partial charge in [-0.25, -0.2) is 0 Å². The van der Waals surface area contributed by atoms with Crippen molar-refractivity contribution in [3.05, 3.63) is 41.0 Å². The zero-order chi connectivity index (χ0) is 18.0. The Labute approximate surface area is 149 Å². The molecule has 2 aromatic heterocycles. The minimum absolute atomic E-state index is 0.00981. The molecular formula is C19H27N5O. The molecule has 0 aliphatic carbocycles. The molecule has 1 N–H and O–H groups in total. The van der Waals surface area contributed by atoms with E-state index in [-0.39, 0.29) is 11.9 Å². The zero-order valence-corrected chi connectivity index (χ0v) is 15.5. The van der Waals surface area contributed by atoms with Crippen molar-refractivity contribution < 1.29 is 4.79 Å². The minimum atomic E-state index is 0.00981. The highest BCUT2D eigenvalue weighted by atomic mass is 16.2. The number of nitrogens with zero attached hydrogens (tertiary/aromatic N) is 4. The molecule has 134 valence electrons. The van der Waals surface area contributed by atoms with Crippen molar-refractivity contribution >= 4 is 11.6 Å². The number of anilines is 1. The van der Waals surface area contributed by atoms with Crippen LogP contribution in [0.2, 0.25) is 0 Å². The smallest absolute Gasteiger partial charge is 0.273 e. The van der Waals surface area contributed by atoms with Gasteiger partial charge in [0.15, 0.2) is 0 Å². The lowest BCUT2D eigenvalue weighted by Crippen LogP contribution is -2.35. The average molecular weight is 341 g/mol. The lowest BCUT2D eigenvalue weighted by Gasteiger charge is -2.30. The lowest BCUT2D eigenvalue weighted by molar-refractivity contribution is 0.0674. The first-order valence-electron chi connectivity index (χ1n) is 8.95. The number of pyridine rings is 1. The number of H-pyrrole nitrogens is 1. The molecule has 6 heteroatoms. The maximum atomic E-state index is 13.3. The van der Waals surface area contributed by atoms with Crippen molar-refractivity contribution in [1.82, 2.24) is 20.1 Å². The maximum absolute atomic E-state index is 13.3. The summed E-state index contributed by atoms with van der Waals surface area (Å²) in [6.45, 7) is 4.81. The van der Waals surface area contributed by atoms with Gasteiger partial charge in [-0.2, -0.15) is 5.10 Å². The third-order valence-electron chi connectivity index (χ3n) is 5.01. The lowest BCUT2D eigenvalue weighted by atomic mass is 9.98. The average Bonchev–Trinajstić information content (AvgIpc) is 2.80. The summed E-state index contributed by atoms with van der Waals surface area (Å²) in [6, 6.07) is 3.86. The van der Waals surface area contributed by atoms with Crippen LogP contribution in [0.1, 0.15) is 59.2 Å². The van der Waals surface area contributed by atoms with E-state index >= 15 is 0 Å². The van der Waals surface area contributed by atoms with Gasteiger partial charge in [0, 0.05) is 43.8 Å². The normalized spacial score (nSPS) is 18.1. The molecule has 0 spiro atoms. The second kappa shape index (κ2) is 7.25. The second-order valence-corrected chi connectivity index (χ2v) is 7.01. The molecule has 1 aliphatic heterocycles. The third-order valence-corrected chi connectivity index (χ3v) is 5.01. The van der Waals surface area contributed by atoms with Crippen LogP contribution >= 0.6 is 0 Å². The van der Waals surface area contributed by atoms with Gasteiger partial charge >= 0.3 is 0 Å². The second-order valence-electron chi connectivity index (χ2n) is 7.01. The predicted molar refractivity (Wildman–Crippen MR) is 98.9 cm³/mol. The van der Waals surface area contributed by atoms with E-state index in [1.54, 1.807) is 6.20 Å². The van der Waals surface area contributed by atoms with E-state index in [2.05, 4.69) is 15.2 Å². The Balaban J connectivity index is 1.96. The van der Waals surface area contributed by atoms with Gasteiger partial charge in [0.2, 0.25) is 0 Å². The zero-order valence-electron chi connectivity index (χ0n) is 15.5. The molecule has 1 amide bonds. The van der Waals surface area contributed by atoms with Crippen LogP contribution in [0.25, 0.3) is 0 Å². The number of aromatic amines is 1. The maximum Gasteiger partial charge on any atom is 0.273 e. The van der Waals surface area contributed by atoms with Gasteiger partial charge in [0.1, 0.15) is 5.69 Å². The van der Waals surface area contributed by atoms with Crippen LogP contribution < -0.4 is 4.90 Å². The van der Waals surface area contributed by atoms with E-state index in [1.807, 2.05) is 49.9 Å². The standard InChI is InChI=1S/C19H27N5O/c1-13-18(14(2)22-21-13)17-8-6-5-7-11-24(17)19(25)16-12-15(23(3)4)9-10-20-16/h9-10,12,17H,5-8,11H2,1-4H3,(H,21,22)/t17-/m0/s1. The summed E-state index contributed by atoms with van der Waals surface area (Å²) < 4.78 is 0. The van der Waals surface area contributed by atoms with Gasteiger partial charge in [-0.3, -0.25) is 14.9 Å². The van der Waals surface area contributed by atoms with Crippen LogP contribution in [0.3, 0.4) is 0 Å². The van der Waals surface area contributed by atoms with E-state index in [1.165, 1.54) is 5.56 Å². The number of hydrogen-bond donors (Lipinski definition) is 1. The fourth-order valence-corrected chi connectivity index (χ4v) is 3.66. The topological polar surface area (TPSA) is 65.1 Å². The Kier molecular flexibility index (Phi) is 5.06. The first-order valence-corrected chi connectivity index (χ1v) is 8.95. The van der Waals surface area contributed by atoms with Crippen molar-refractivity contribution in [3.8, 4) is 0 Å². The molecule has 0 aromatic carbocycles. The Bertz CT molecular complexity index is 733. The summed E-state index contributed by atoms with van der Waals surface area (Å²) in [7, 11) is 3.94. The van der Waals surface area contributed by atoms with Crippen molar-refractivity contribution in [1.29, 1.82) is 0 Å². The third kappa shape index (κ3) is 3.52. The van der Waals surface area contributed by atoms with Crippen LogP contribution in [0.4, 0.5) is 5.69 Å². The SMILES string of the molecule is Cc1n[nH]c(C)c1[C@@H]1CCCCCN1C(=O)c1cc(N(C)C)ccn1. The molecule has 3 heterocycles. The first-order chi connectivity index (χ1) is 12.0. The summed E-state index contributed by atoms with van der Waals surface area (Å²) in [5.41, 5.74) is 4.70. The fourth-order valence-electron chi connectivity index (χ4n) is 3.66. The Morgan fingerprint density at radius 3 is 2.76 bits per heavy atom. The molecule has 0 radical (unpaired) electrons. The van der Waals surface area contributed by atoms with Gasteiger partial charge in [-0.1, -0.05) is 12.8 Å². The molecule has 25 heavy (non-hydrogen) atoms. The van der Waals surface area contributed by atoms with Gasteiger partial charge in [-0.05, 0) is 38.8 Å². The largest absolute Gasteiger partial charge is 0.378 e. The summed E-state index contributed by atoms with van der Waals surface area (Å²) in [6.07, 6.45) is 6.00. The van der Waals surface area contributed by atoms with Crippen molar-refractivity contribution in [2.45, 2.75) is 45.6 Å². The molecule has 0 saturated carbocycles. The Morgan fingerprint density at radius 2 is 2.08 bits per heavy atom. The fraction of sp³-hybridized carbons (Fsp3) is 0.526. The highest BCUT2D eigenvalue weighted by molar-refractivity contribution is 5.93. The highest BCUT2D eigenvalue weighted by Crippen LogP contribution is 2.34. The van der Waals surface area contributed by atoms with Gasteiger partial charge in [0.25, 0.3) is 5.91 Å². The van der Waals surface area contributed by atoms with Crippen LogP contribution in [0.15, 0.2) is 18.3 Å². The molecule has 3 rings (SSSR count). The van der Waals surface area contributed by atoms with Gasteiger partial charge in [-0.15, -0.1) is 0 Å². The van der Waals surface area contributed by atoms with Gasteiger partial charge < -0.3 is 9.80 Å². The van der Waals surface area contributed by atoms with Crippen LogP contribution in [0, 0.1) is 13.8 Å². The van der Waals surface area contributed by atoms with E-state index in [4.69, 9.17) is 0 Å². The molecule has 1 fully saturated rings. The Hall–Kier alpha value is -2.37. The molecular weight excluding hydrogens is 314 g/mol. The Morgan fingerprint density at radius 1 is 1.28 bits per heavy atom. The molecule has 1 saturated heterocycles. The van der Waals surface area contributed by atoms with E-state index in [0.717, 1.165) is 49.3 Å². The molecule has 1 atom stereocenters. The monoisotopic (exact) mass is 341 g/mol. The van der Waals surface area contributed by atoms with Gasteiger partial charge in [0.05, 0.1) is 11.7 Å². The van der Waals surface area contributed by atoms with Crippen molar-refractivity contribution in [2.75, 3.05) is 25.5 Å². The molecule has 2 aromatic rings. The number of carbonyl (C=O) groups is 1. The summed E-state index contributed by atoms with van der Waals surface area (Å²) in [5, 5.41) is 7.41. The number of rotatable bonds is 3. The summed E-state index contributed by atoms with van der Waals surface area (Å²) in [5.74, 6) is 0.00981. The number of aryl methyl sites for hydroxylation is 2. The van der Waals surface area contributed by atoms with Crippen LogP contribution in [0.5, 0.6) is 0 Å². The van der Waals surface area contributed by atoms with E-state index in [0.29, 0.717) is 5.69 Å². The molecule has 0 unspecified atom stereocenters. The number of likely N-dealkylation sites (tertiary alicyclic amines) is 1. The molecule has 6 nitrogen and oxygen atoms in total. The predicted octanol–water partition coefficient (Wildman–Crippen LogP) is 3.25. The number of aromatic nitrogens is 3. The summed E-state index contributed by atoms with van der Waals surface area (Å²) in [4.78, 5) is 21.6. The minimum Gasteiger partial charge on any atom is -0.378 e. The number of hydrogen-bond acceptors (Lipinski definition) is 4. The van der Waals surface area contributed by atoms with E-state index < -0.39 is 0 Å². The number of amides is 1.